The van der Waals surface area contributed by atoms with E-state index in [2.05, 4.69) is 33.6 Å². The van der Waals surface area contributed by atoms with Crippen molar-refractivity contribution in [2.45, 2.75) is 44.8 Å². The maximum atomic E-state index is 12.4. The molecule has 8 nitrogen and oxygen atoms in total. The number of pyridine rings is 1. The summed E-state index contributed by atoms with van der Waals surface area (Å²) in [6, 6.07) is 6.33. The summed E-state index contributed by atoms with van der Waals surface area (Å²) in [6.45, 7) is 2.55. The predicted molar refractivity (Wildman–Crippen MR) is 127 cm³/mol. The highest BCUT2D eigenvalue weighted by atomic mass is 35.5. The van der Waals surface area contributed by atoms with Crippen molar-refractivity contribution in [2.75, 3.05) is 13.1 Å². The van der Waals surface area contributed by atoms with Gasteiger partial charge in [-0.05, 0) is 55.9 Å². The molecule has 0 amide bonds. The minimum Gasteiger partial charge on any atom is -0.506 e. The molecule has 0 saturated carbocycles. The van der Waals surface area contributed by atoms with Crippen LogP contribution >= 0.6 is 12.4 Å². The molecule has 9 heteroatoms. The van der Waals surface area contributed by atoms with E-state index in [0.717, 1.165) is 67.3 Å². The van der Waals surface area contributed by atoms with E-state index in [0.29, 0.717) is 17.7 Å². The first-order chi connectivity index (χ1) is 15.3. The maximum absolute atomic E-state index is 12.4. The van der Waals surface area contributed by atoms with E-state index in [1.54, 1.807) is 0 Å². The van der Waals surface area contributed by atoms with Crippen LogP contribution in [0.4, 0.5) is 0 Å². The number of aliphatic hydroxyl groups is 1. The van der Waals surface area contributed by atoms with Gasteiger partial charge < -0.3 is 24.9 Å². The Bertz CT molecular complexity index is 1290. The van der Waals surface area contributed by atoms with E-state index in [1.165, 1.54) is 5.69 Å². The van der Waals surface area contributed by atoms with Crippen LogP contribution in [0.15, 0.2) is 23.0 Å². The summed E-state index contributed by atoms with van der Waals surface area (Å²) in [4.78, 5) is 29.0. The van der Waals surface area contributed by atoms with Crippen molar-refractivity contribution in [1.82, 2.24) is 14.5 Å². The number of carboxylic acid groups (broad SMARTS) is 1. The topological polar surface area (TPSA) is 119 Å². The number of hydrogen-bond acceptors (Lipinski definition) is 5. The average molecular weight is 474 g/mol. The van der Waals surface area contributed by atoms with Crippen molar-refractivity contribution in [2.24, 2.45) is 7.05 Å². The van der Waals surface area contributed by atoms with Crippen molar-refractivity contribution in [3.63, 3.8) is 0 Å². The number of nitrogens with one attached hydrogen (secondary N) is 1. The molecule has 1 aliphatic heterocycles. The largest absolute Gasteiger partial charge is 0.506 e. The number of aromatic nitrogens is 2. The minimum absolute atomic E-state index is 0. The molecular weight excluding hydrogens is 446 g/mol. The van der Waals surface area contributed by atoms with Crippen molar-refractivity contribution >= 4 is 29.3 Å². The van der Waals surface area contributed by atoms with Crippen LogP contribution in [-0.2, 0) is 26.4 Å². The van der Waals surface area contributed by atoms with Crippen LogP contribution in [-0.4, -0.2) is 54.9 Å². The van der Waals surface area contributed by atoms with Crippen molar-refractivity contribution in [3.8, 4) is 17.0 Å². The van der Waals surface area contributed by atoms with Gasteiger partial charge >= 0.3 is 5.97 Å². The quantitative estimate of drug-likeness (QED) is 0.464. The molecule has 0 atom stereocenters. The normalized spacial score (nSPS) is 16.7. The Morgan fingerprint density at radius 3 is 2.61 bits per heavy atom. The summed E-state index contributed by atoms with van der Waals surface area (Å²) < 4.78 is 2.19. The fourth-order valence-corrected chi connectivity index (χ4v) is 5.14. The Labute approximate surface area is 196 Å². The number of aromatic hydroxyl groups is 1. The second-order valence-corrected chi connectivity index (χ2v) is 8.96. The number of carboxylic acids is 1. The monoisotopic (exact) mass is 473 g/mol. The third-order valence-corrected chi connectivity index (χ3v) is 6.96. The number of aliphatic hydroxyl groups excluding tert-OH is 1. The molecule has 176 valence electrons. The van der Waals surface area contributed by atoms with E-state index in [-0.39, 0.29) is 18.5 Å². The second-order valence-electron chi connectivity index (χ2n) is 8.96. The van der Waals surface area contributed by atoms with Crippen LogP contribution in [0.2, 0.25) is 0 Å². The maximum Gasteiger partial charge on any atom is 0.345 e. The standard InChI is InChI=1S/C24H27N3O5.ClH/c1-26-15(12-27-7-5-16(28)6-8-27)9-14-10-18-13(11-19(14)26)3-2-4-17-21(18)25-23(30)20(22(17)29)24(31)32;/h9-11,16,28H,2-8,12H2,1H3,(H,31,32)(H2,25,29,30);1H. The van der Waals surface area contributed by atoms with Crippen molar-refractivity contribution in [1.29, 1.82) is 0 Å². The fourth-order valence-electron chi connectivity index (χ4n) is 5.14. The van der Waals surface area contributed by atoms with E-state index in [9.17, 15) is 24.9 Å². The van der Waals surface area contributed by atoms with Gasteiger partial charge in [0, 0.05) is 54.4 Å². The van der Waals surface area contributed by atoms with Gasteiger partial charge in [0.15, 0.2) is 5.56 Å². The number of piperidine rings is 1. The summed E-state index contributed by atoms with van der Waals surface area (Å²) in [5.41, 5.74) is 3.81. The summed E-state index contributed by atoms with van der Waals surface area (Å²) in [7, 11) is 2.06. The fraction of sp³-hybridized carbons (Fsp3) is 0.417. The summed E-state index contributed by atoms with van der Waals surface area (Å²) in [5, 5.41) is 30.7. The molecule has 33 heavy (non-hydrogen) atoms. The van der Waals surface area contributed by atoms with Gasteiger partial charge in [-0.2, -0.15) is 0 Å². The predicted octanol–water partition coefficient (Wildman–Crippen LogP) is 2.80. The SMILES string of the molecule is Cl.Cn1c(CN2CCC(O)CC2)cc2cc3c(cc21)CCCc1c-3[nH]c(=O)c(C(=O)O)c1O. The van der Waals surface area contributed by atoms with Gasteiger partial charge in [0.2, 0.25) is 0 Å². The Morgan fingerprint density at radius 1 is 1.18 bits per heavy atom. The van der Waals surface area contributed by atoms with Crippen LogP contribution in [0, 0.1) is 0 Å². The number of aryl methyl sites for hydroxylation is 2. The zero-order chi connectivity index (χ0) is 22.6. The molecule has 3 aromatic rings. The van der Waals surface area contributed by atoms with Crippen LogP contribution in [0.5, 0.6) is 5.75 Å². The van der Waals surface area contributed by atoms with Gasteiger partial charge in [-0.15, -0.1) is 12.4 Å². The molecule has 0 spiro atoms. The van der Waals surface area contributed by atoms with Crippen LogP contribution in [0.3, 0.4) is 0 Å². The highest BCUT2D eigenvalue weighted by Crippen LogP contribution is 2.38. The number of rotatable bonds is 3. The molecule has 1 fully saturated rings. The molecule has 1 aromatic carbocycles. The Balaban J connectivity index is 0.00000259. The Kier molecular flexibility index (Phi) is 6.26. The molecule has 2 aromatic heterocycles. The third kappa shape index (κ3) is 4.03. The van der Waals surface area contributed by atoms with E-state index < -0.39 is 22.8 Å². The molecule has 4 N–H and O–H groups in total. The van der Waals surface area contributed by atoms with Gasteiger partial charge in [0.25, 0.3) is 5.56 Å². The lowest BCUT2D eigenvalue weighted by Gasteiger charge is -2.29. The number of carbonyl (C=O) groups is 1. The second kappa shape index (κ2) is 8.85. The molecule has 0 unspecified atom stereocenters. The highest BCUT2D eigenvalue weighted by Gasteiger charge is 2.26. The van der Waals surface area contributed by atoms with E-state index >= 15 is 0 Å². The Hall–Kier alpha value is -2.81. The van der Waals surface area contributed by atoms with Gasteiger partial charge in [-0.25, -0.2) is 4.79 Å². The zero-order valence-corrected chi connectivity index (χ0v) is 19.2. The zero-order valence-electron chi connectivity index (χ0n) is 18.4. The lowest BCUT2D eigenvalue weighted by molar-refractivity contribution is 0.0691. The van der Waals surface area contributed by atoms with E-state index in [4.69, 9.17) is 0 Å². The Morgan fingerprint density at radius 2 is 1.91 bits per heavy atom. The van der Waals surface area contributed by atoms with Gasteiger partial charge in [0.1, 0.15) is 5.75 Å². The van der Waals surface area contributed by atoms with Crippen LogP contribution in [0.25, 0.3) is 22.2 Å². The van der Waals surface area contributed by atoms with Crippen LogP contribution in [0.1, 0.15) is 46.4 Å². The van der Waals surface area contributed by atoms with Crippen LogP contribution < -0.4 is 5.56 Å². The first-order valence-corrected chi connectivity index (χ1v) is 11.1. The number of nitrogens with zero attached hydrogens (tertiary/aromatic N) is 2. The van der Waals surface area contributed by atoms with Crippen molar-refractivity contribution in [3.05, 3.63) is 50.9 Å². The smallest absolute Gasteiger partial charge is 0.345 e. The molecule has 3 heterocycles. The number of aromatic amines is 1. The lowest BCUT2D eigenvalue weighted by Crippen LogP contribution is -2.35. The summed E-state index contributed by atoms with van der Waals surface area (Å²) >= 11 is 0. The molecule has 5 rings (SSSR count). The van der Waals surface area contributed by atoms with E-state index in [1.807, 2.05) is 6.07 Å². The van der Waals surface area contributed by atoms with Gasteiger partial charge in [0.05, 0.1) is 11.8 Å². The van der Waals surface area contributed by atoms with Gasteiger partial charge in [-0.1, -0.05) is 0 Å². The first kappa shape index (κ1) is 23.4. The number of H-pyrrole nitrogens is 1. The molecular formula is C24H28ClN3O5. The number of benzene rings is 1. The number of hydrogen-bond donors (Lipinski definition) is 4. The molecule has 1 aliphatic carbocycles. The average Bonchev–Trinajstić information content (AvgIpc) is 2.93. The number of halogens is 1. The first-order valence-electron chi connectivity index (χ1n) is 11.1. The molecule has 0 bridgehead atoms. The number of aromatic carboxylic acids is 1. The van der Waals surface area contributed by atoms with Gasteiger partial charge in [-0.3, -0.25) is 9.69 Å². The third-order valence-electron chi connectivity index (χ3n) is 6.96. The number of likely N-dealkylation sites (tertiary alicyclic amines) is 1. The lowest BCUT2D eigenvalue weighted by atomic mass is 9.98. The summed E-state index contributed by atoms with van der Waals surface area (Å²) in [6.07, 6.45) is 3.41. The highest BCUT2D eigenvalue weighted by molar-refractivity contribution is 5.93. The molecule has 0 radical (unpaired) electrons. The summed E-state index contributed by atoms with van der Waals surface area (Å²) in [5.74, 6) is -1.85. The minimum atomic E-state index is -1.43. The van der Waals surface area contributed by atoms with Crippen molar-refractivity contribution < 1.29 is 20.1 Å². The number of fused-ring (bicyclic) bond motifs is 4. The molecule has 1 saturated heterocycles. The molecule has 2 aliphatic rings.